The molecule has 1 aromatic carbocycles. The maximum Gasteiger partial charge on any atom is 0.303 e. The van der Waals surface area contributed by atoms with E-state index in [1.807, 2.05) is 25.1 Å². The normalized spacial score (nSPS) is 11.9. The summed E-state index contributed by atoms with van der Waals surface area (Å²) in [7, 11) is 3.20. The van der Waals surface area contributed by atoms with E-state index in [0.717, 1.165) is 17.1 Å². The molecule has 0 amide bonds. The van der Waals surface area contributed by atoms with Crippen molar-refractivity contribution in [2.24, 2.45) is 5.92 Å². The van der Waals surface area contributed by atoms with Crippen LogP contribution in [0.5, 0.6) is 11.5 Å². The van der Waals surface area contributed by atoms with Crippen molar-refractivity contribution < 1.29 is 19.4 Å². The molecule has 0 spiro atoms. The Morgan fingerprint density at radius 2 is 2.06 bits per heavy atom. The molecule has 1 N–H and O–H groups in total. The van der Waals surface area contributed by atoms with Gasteiger partial charge < -0.3 is 14.6 Å². The number of carboxylic acid groups (broad SMARTS) is 1. The smallest absolute Gasteiger partial charge is 0.303 e. The fourth-order valence-electron chi connectivity index (χ4n) is 1.77. The van der Waals surface area contributed by atoms with Crippen LogP contribution in [0.25, 0.3) is 0 Å². The van der Waals surface area contributed by atoms with Crippen molar-refractivity contribution in [3.63, 3.8) is 0 Å². The van der Waals surface area contributed by atoms with Crippen LogP contribution in [0, 0.1) is 5.92 Å². The van der Waals surface area contributed by atoms with Crippen LogP contribution in [0.15, 0.2) is 18.2 Å². The van der Waals surface area contributed by atoms with E-state index >= 15 is 0 Å². The minimum atomic E-state index is -0.773. The van der Waals surface area contributed by atoms with Gasteiger partial charge in [-0.1, -0.05) is 13.0 Å². The molecule has 0 aliphatic heterocycles. The second-order valence-corrected chi connectivity index (χ2v) is 4.08. The fraction of sp³-hybridized carbons (Fsp3) is 0.462. The molecule has 0 aromatic heterocycles. The Hall–Kier alpha value is -1.71. The van der Waals surface area contributed by atoms with E-state index in [0.29, 0.717) is 6.42 Å². The van der Waals surface area contributed by atoms with E-state index in [2.05, 4.69) is 0 Å². The van der Waals surface area contributed by atoms with Gasteiger partial charge in [-0.25, -0.2) is 0 Å². The number of benzene rings is 1. The highest BCUT2D eigenvalue weighted by atomic mass is 16.5. The largest absolute Gasteiger partial charge is 0.497 e. The van der Waals surface area contributed by atoms with Crippen molar-refractivity contribution in [2.75, 3.05) is 14.2 Å². The Morgan fingerprint density at radius 3 is 2.59 bits per heavy atom. The minimum absolute atomic E-state index is 0.0785. The molecule has 1 rings (SSSR count). The monoisotopic (exact) mass is 238 g/mol. The number of ether oxygens (including phenoxy) is 2. The number of carboxylic acids is 1. The van der Waals surface area contributed by atoms with Gasteiger partial charge >= 0.3 is 5.97 Å². The number of hydrogen-bond donors (Lipinski definition) is 1. The summed E-state index contributed by atoms with van der Waals surface area (Å²) in [6.07, 6.45) is 0.842. The molecular formula is C13H18O4. The standard InChI is InChI=1S/C13H18O4/c1-9(7-13(14)15)6-10-4-5-11(16-2)8-12(10)17-3/h4-5,8-9H,6-7H2,1-3H3,(H,14,15). The third kappa shape index (κ3) is 3.98. The molecule has 4 heteroatoms. The van der Waals surface area contributed by atoms with Gasteiger partial charge in [-0.3, -0.25) is 4.79 Å². The highest BCUT2D eigenvalue weighted by Crippen LogP contribution is 2.27. The predicted octanol–water partition coefficient (Wildman–Crippen LogP) is 2.36. The van der Waals surface area contributed by atoms with Gasteiger partial charge in [0.15, 0.2) is 0 Å². The summed E-state index contributed by atoms with van der Waals surface area (Å²) in [5, 5.41) is 8.72. The average molecular weight is 238 g/mol. The van der Waals surface area contributed by atoms with Gasteiger partial charge in [0.2, 0.25) is 0 Å². The van der Waals surface area contributed by atoms with Crippen molar-refractivity contribution in [1.29, 1.82) is 0 Å². The van der Waals surface area contributed by atoms with Crippen LogP contribution < -0.4 is 9.47 Å². The third-order valence-electron chi connectivity index (χ3n) is 2.59. The summed E-state index contributed by atoms with van der Waals surface area (Å²) >= 11 is 0. The molecule has 0 aliphatic carbocycles. The summed E-state index contributed by atoms with van der Waals surface area (Å²) in [6.45, 7) is 1.91. The second-order valence-electron chi connectivity index (χ2n) is 4.08. The van der Waals surface area contributed by atoms with Crippen LogP contribution in [-0.4, -0.2) is 25.3 Å². The van der Waals surface area contributed by atoms with Gasteiger partial charge in [-0.2, -0.15) is 0 Å². The lowest BCUT2D eigenvalue weighted by atomic mass is 9.97. The second kappa shape index (κ2) is 6.13. The SMILES string of the molecule is COc1ccc(CC(C)CC(=O)O)c(OC)c1. The molecule has 0 bridgehead atoms. The molecule has 1 unspecified atom stereocenters. The van der Waals surface area contributed by atoms with Crippen LogP contribution >= 0.6 is 0 Å². The number of rotatable bonds is 6. The summed E-state index contributed by atoms with van der Waals surface area (Å²) in [5.74, 6) is 0.776. The zero-order valence-corrected chi connectivity index (χ0v) is 10.4. The van der Waals surface area contributed by atoms with Crippen molar-refractivity contribution in [2.45, 2.75) is 19.8 Å². The lowest BCUT2D eigenvalue weighted by Crippen LogP contribution is -2.07. The Labute approximate surface area is 101 Å². The Kier molecular flexibility index (Phi) is 4.82. The van der Waals surface area contributed by atoms with E-state index in [1.54, 1.807) is 14.2 Å². The van der Waals surface area contributed by atoms with Gasteiger partial charge in [-0.15, -0.1) is 0 Å². The van der Waals surface area contributed by atoms with Crippen LogP contribution in [0.3, 0.4) is 0 Å². The van der Waals surface area contributed by atoms with Crippen molar-refractivity contribution in [3.05, 3.63) is 23.8 Å². The molecule has 0 aliphatic rings. The first-order valence-electron chi connectivity index (χ1n) is 5.49. The van der Waals surface area contributed by atoms with Crippen LogP contribution in [0.1, 0.15) is 18.9 Å². The molecule has 0 saturated heterocycles. The van der Waals surface area contributed by atoms with Crippen LogP contribution in [0.2, 0.25) is 0 Å². The lowest BCUT2D eigenvalue weighted by molar-refractivity contribution is -0.137. The van der Waals surface area contributed by atoms with E-state index in [-0.39, 0.29) is 12.3 Å². The van der Waals surface area contributed by atoms with Crippen LogP contribution in [-0.2, 0) is 11.2 Å². The molecule has 1 aromatic rings. The summed E-state index contributed by atoms with van der Waals surface area (Å²) in [5.41, 5.74) is 1.00. The van der Waals surface area contributed by atoms with Gasteiger partial charge in [-0.05, 0) is 24.0 Å². The van der Waals surface area contributed by atoms with Crippen molar-refractivity contribution in [1.82, 2.24) is 0 Å². The maximum atomic E-state index is 10.6. The topological polar surface area (TPSA) is 55.8 Å². The maximum absolute atomic E-state index is 10.6. The lowest BCUT2D eigenvalue weighted by Gasteiger charge is -2.13. The molecule has 1 atom stereocenters. The molecule has 94 valence electrons. The zero-order valence-electron chi connectivity index (χ0n) is 10.4. The van der Waals surface area contributed by atoms with E-state index in [4.69, 9.17) is 14.6 Å². The third-order valence-corrected chi connectivity index (χ3v) is 2.59. The van der Waals surface area contributed by atoms with Gasteiger partial charge in [0, 0.05) is 12.5 Å². The molecule has 17 heavy (non-hydrogen) atoms. The van der Waals surface area contributed by atoms with E-state index in [9.17, 15) is 4.79 Å². The summed E-state index contributed by atoms with van der Waals surface area (Å²) < 4.78 is 10.4. The molecule has 0 radical (unpaired) electrons. The molecule has 0 fully saturated rings. The minimum Gasteiger partial charge on any atom is -0.497 e. The van der Waals surface area contributed by atoms with E-state index < -0.39 is 5.97 Å². The summed E-state index contributed by atoms with van der Waals surface area (Å²) in [4.78, 5) is 10.6. The van der Waals surface area contributed by atoms with Crippen LogP contribution in [0.4, 0.5) is 0 Å². The molecule has 4 nitrogen and oxygen atoms in total. The van der Waals surface area contributed by atoms with Crippen molar-refractivity contribution >= 4 is 5.97 Å². The average Bonchev–Trinajstić information content (AvgIpc) is 2.28. The number of carbonyl (C=O) groups is 1. The Bertz CT molecular complexity index is 387. The predicted molar refractivity (Wildman–Crippen MR) is 64.7 cm³/mol. The van der Waals surface area contributed by atoms with E-state index in [1.165, 1.54) is 0 Å². The Balaban J connectivity index is 2.79. The highest BCUT2D eigenvalue weighted by molar-refractivity contribution is 5.67. The summed E-state index contributed by atoms with van der Waals surface area (Å²) in [6, 6.07) is 5.57. The fourth-order valence-corrected chi connectivity index (χ4v) is 1.77. The first kappa shape index (κ1) is 13.4. The Morgan fingerprint density at radius 1 is 1.35 bits per heavy atom. The first-order chi connectivity index (χ1) is 8.06. The van der Waals surface area contributed by atoms with Crippen molar-refractivity contribution in [3.8, 4) is 11.5 Å². The first-order valence-corrected chi connectivity index (χ1v) is 5.49. The number of hydrogen-bond acceptors (Lipinski definition) is 3. The number of methoxy groups -OCH3 is 2. The molecule has 0 saturated carbocycles. The highest BCUT2D eigenvalue weighted by Gasteiger charge is 2.12. The zero-order chi connectivity index (χ0) is 12.8. The van der Waals surface area contributed by atoms with Gasteiger partial charge in [0.1, 0.15) is 11.5 Å². The number of aliphatic carboxylic acids is 1. The molecule has 0 heterocycles. The van der Waals surface area contributed by atoms with Gasteiger partial charge in [0.05, 0.1) is 14.2 Å². The van der Waals surface area contributed by atoms with Gasteiger partial charge in [0.25, 0.3) is 0 Å². The molecular weight excluding hydrogens is 220 g/mol. The quantitative estimate of drug-likeness (QED) is 0.826.